The molecule has 0 bridgehead atoms. The van der Waals surface area contributed by atoms with Crippen LogP contribution >= 0.6 is 12.4 Å². The molecule has 0 heterocycles. The molecular weight excluding hydrogens is 365 g/mol. The standard InChI is InChI=1S/C22H28FNO2.ClH/c1-24-14-17(15-6-4-8-18(23)13-15)12-16-7-5-9-20-19(16)10-11-21(25-2)22(20)26-3;/h4,6,8,10-11,13,16-17,24H,5,7,9,12,14H2,1-3H3;1H. The van der Waals surface area contributed by atoms with Crippen LogP contribution in [-0.4, -0.2) is 27.8 Å². The van der Waals surface area contributed by atoms with Gasteiger partial charge in [-0.3, -0.25) is 0 Å². The number of likely N-dealkylation sites (N-methyl/N-ethyl adjacent to an activating group) is 1. The molecule has 2 unspecified atom stereocenters. The average Bonchev–Trinajstić information content (AvgIpc) is 2.66. The number of fused-ring (bicyclic) bond motifs is 1. The monoisotopic (exact) mass is 393 g/mol. The van der Waals surface area contributed by atoms with Crippen molar-refractivity contribution in [1.29, 1.82) is 0 Å². The van der Waals surface area contributed by atoms with Crippen molar-refractivity contribution in [3.8, 4) is 11.5 Å². The summed E-state index contributed by atoms with van der Waals surface area (Å²) in [6.45, 7) is 0.836. The van der Waals surface area contributed by atoms with Gasteiger partial charge in [-0.1, -0.05) is 18.2 Å². The summed E-state index contributed by atoms with van der Waals surface area (Å²) < 4.78 is 24.8. The first kappa shape index (κ1) is 21.5. The van der Waals surface area contributed by atoms with E-state index in [0.29, 0.717) is 5.92 Å². The molecule has 0 fully saturated rings. The molecular formula is C22H29ClFNO2. The molecule has 27 heavy (non-hydrogen) atoms. The second-order valence-corrected chi connectivity index (χ2v) is 7.00. The number of benzene rings is 2. The van der Waals surface area contributed by atoms with E-state index in [1.54, 1.807) is 26.4 Å². The zero-order valence-corrected chi connectivity index (χ0v) is 17.1. The highest BCUT2D eigenvalue weighted by atomic mass is 35.5. The lowest BCUT2D eigenvalue weighted by Gasteiger charge is -2.30. The Morgan fingerprint density at radius 3 is 2.67 bits per heavy atom. The molecule has 1 aliphatic rings. The molecule has 0 aliphatic heterocycles. The lowest BCUT2D eigenvalue weighted by molar-refractivity contribution is 0.346. The van der Waals surface area contributed by atoms with Gasteiger partial charge in [0.05, 0.1) is 14.2 Å². The fraction of sp³-hybridized carbons (Fsp3) is 0.455. The molecule has 0 saturated heterocycles. The molecule has 3 nitrogen and oxygen atoms in total. The highest BCUT2D eigenvalue weighted by Gasteiger charge is 2.27. The van der Waals surface area contributed by atoms with Crippen LogP contribution in [0.4, 0.5) is 4.39 Å². The Kier molecular flexibility index (Phi) is 7.93. The van der Waals surface area contributed by atoms with Gasteiger partial charge < -0.3 is 14.8 Å². The smallest absolute Gasteiger partial charge is 0.164 e. The first-order valence-electron chi connectivity index (χ1n) is 9.31. The number of hydrogen-bond acceptors (Lipinski definition) is 3. The van der Waals surface area contributed by atoms with E-state index in [1.165, 1.54) is 17.2 Å². The van der Waals surface area contributed by atoms with Crippen LogP contribution in [0.25, 0.3) is 0 Å². The van der Waals surface area contributed by atoms with Crippen molar-refractivity contribution in [2.24, 2.45) is 0 Å². The molecule has 0 aromatic heterocycles. The number of halogens is 2. The van der Waals surface area contributed by atoms with E-state index in [-0.39, 0.29) is 24.1 Å². The molecule has 1 N–H and O–H groups in total. The van der Waals surface area contributed by atoms with E-state index in [2.05, 4.69) is 11.4 Å². The quantitative estimate of drug-likeness (QED) is 0.711. The van der Waals surface area contributed by atoms with Crippen LogP contribution in [0.15, 0.2) is 36.4 Å². The van der Waals surface area contributed by atoms with Gasteiger partial charge in [0, 0.05) is 12.1 Å². The predicted octanol–water partition coefficient (Wildman–Crippen LogP) is 5.08. The zero-order chi connectivity index (χ0) is 18.5. The topological polar surface area (TPSA) is 30.5 Å². The van der Waals surface area contributed by atoms with Crippen molar-refractivity contribution < 1.29 is 13.9 Å². The van der Waals surface area contributed by atoms with Crippen LogP contribution in [0.3, 0.4) is 0 Å². The Hall–Kier alpha value is -1.78. The molecule has 2 atom stereocenters. The van der Waals surface area contributed by atoms with Crippen LogP contribution in [0, 0.1) is 5.82 Å². The zero-order valence-electron chi connectivity index (χ0n) is 16.3. The highest BCUT2D eigenvalue weighted by molar-refractivity contribution is 5.85. The van der Waals surface area contributed by atoms with Gasteiger partial charge in [-0.25, -0.2) is 4.39 Å². The lowest BCUT2D eigenvalue weighted by Crippen LogP contribution is -2.21. The predicted molar refractivity (Wildman–Crippen MR) is 110 cm³/mol. The van der Waals surface area contributed by atoms with E-state index in [9.17, 15) is 4.39 Å². The highest BCUT2D eigenvalue weighted by Crippen LogP contribution is 2.44. The van der Waals surface area contributed by atoms with Gasteiger partial charge in [0.15, 0.2) is 11.5 Å². The normalized spacial score (nSPS) is 16.8. The molecule has 0 spiro atoms. The Morgan fingerprint density at radius 2 is 2.00 bits per heavy atom. The molecule has 0 amide bonds. The summed E-state index contributed by atoms with van der Waals surface area (Å²) in [5.74, 6) is 2.22. The second-order valence-electron chi connectivity index (χ2n) is 7.00. The van der Waals surface area contributed by atoms with Crippen LogP contribution in [0.2, 0.25) is 0 Å². The van der Waals surface area contributed by atoms with Crippen molar-refractivity contribution in [1.82, 2.24) is 5.32 Å². The summed E-state index contributed by atoms with van der Waals surface area (Å²) in [6.07, 6.45) is 4.30. The van der Waals surface area contributed by atoms with Crippen molar-refractivity contribution in [2.75, 3.05) is 27.8 Å². The van der Waals surface area contributed by atoms with E-state index < -0.39 is 0 Å². The van der Waals surface area contributed by atoms with Crippen LogP contribution < -0.4 is 14.8 Å². The number of ether oxygens (including phenoxy) is 2. The molecule has 148 valence electrons. The maximum atomic E-state index is 13.7. The summed E-state index contributed by atoms with van der Waals surface area (Å²) in [4.78, 5) is 0. The van der Waals surface area contributed by atoms with Crippen LogP contribution in [0.5, 0.6) is 11.5 Å². The maximum absolute atomic E-state index is 13.7. The molecule has 2 aromatic rings. The summed E-state index contributed by atoms with van der Waals surface area (Å²) in [7, 11) is 5.34. The molecule has 3 rings (SSSR count). The number of rotatable bonds is 7. The van der Waals surface area contributed by atoms with E-state index in [1.807, 2.05) is 19.2 Å². The van der Waals surface area contributed by atoms with Gasteiger partial charge in [0.2, 0.25) is 0 Å². The third kappa shape index (κ3) is 4.74. The van der Waals surface area contributed by atoms with E-state index in [0.717, 1.165) is 49.3 Å². The van der Waals surface area contributed by atoms with Gasteiger partial charge in [-0.05, 0) is 73.9 Å². The summed E-state index contributed by atoms with van der Waals surface area (Å²) in [6, 6.07) is 11.2. The fourth-order valence-corrected chi connectivity index (χ4v) is 4.26. The van der Waals surface area contributed by atoms with E-state index in [4.69, 9.17) is 9.47 Å². The van der Waals surface area contributed by atoms with Gasteiger partial charge in [-0.2, -0.15) is 0 Å². The Balaban J connectivity index is 0.00000261. The summed E-state index contributed by atoms with van der Waals surface area (Å²) in [5, 5.41) is 3.27. The largest absolute Gasteiger partial charge is 0.493 e. The Labute approximate surface area is 167 Å². The minimum absolute atomic E-state index is 0. The SMILES string of the molecule is CNCC(CC1CCCc2c1ccc(OC)c2OC)c1cccc(F)c1.Cl. The minimum Gasteiger partial charge on any atom is -0.493 e. The first-order chi connectivity index (χ1) is 12.7. The Morgan fingerprint density at radius 1 is 1.19 bits per heavy atom. The lowest BCUT2D eigenvalue weighted by atomic mass is 9.76. The summed E-state index contributed by atoms with van der Waals surface area (Å²) in [5.41, 5.74) is 3.68. The summed E-state index contributed by atoms with van der Waals surface area (Å²) >= 11 is 0. The third-order valence-corrected chi connectivity index (χ3v) is 5.44. The molecule has 0 saturated carbocycles. The maximum Gasteiger partial charge on any atom is 0.164 e. The van der Waals surface area contributed by atoms with Gasteiger partial charge in [-0.15, -0.1) is 12.4 Å². The van der Waals surface area contributed by atoms with Crippen molar-refractivity contribution >= 4 is 12.4 Å². The van der Waals surface area contributed by atoms with Gasteiger partial charge >= 0.3 is 0 Å². The van der Waals surface area contributed by atoms with E-state index >= 15 is 0 Å². The first-order valence-corrected chi connectivity index (χ1v) is 9.31. The number of methoxy groups -OCH3 is 2. The van der Waals surface area contributed by atoms with Crippen molar-refractivity contribution in [2.45, 2.75) is 37.5 Å². The molecule has 5 heteroatoms. The van der Waals surface area contributed by atoms with Gasteiger partial charge in [0.25, 0.3) is 0 Å². The third-order valence-electron chi connectivity index (χ3n) is 5.44. The molecule has 1 aliphatic carbocycles. The molecule has 0 radical (unpaired) electrons. The van der Waals surface area contributed by atoms with Gasteiger partial charge in [0.1, 0.15) is 5.82 Å². The number of nitrogens with one attached hydrogen (secondary N) is 1. The molecule has 2 aromatic carbocycles. The average molecular weight is 394 g/mol. The minimum atomic E-state index is -0.168. The van der Waals surface area contributed by atoms with Crippen LogP contribution in [0.1, 0.15) is 47.8 Å². The second kappa shape index (κ2) is 9.95. The van der Waals surface area contributed by atoms with Crippen molar-refractivity contribution in [3.63, 3.8) is 0 Å². The Bertz CT molecular complexity index is 753. The van der Waals surface area contributed by atoms with Crippen LogP contribution in [-0.2, 0) is 6.42 Å². The van der Waals surface area contributed by atoms with Crippen molar-refractivity contribution in [3.05, 3.63) is 58.9 Å². The fourth-order valence-electron chi connectivity index (χ4n) is 4.26. The number of hydrogen-bond donors (Lipinski definition) is 1.